The fourth-order valence-electron chi connectivity index (χ4n) is 8.66. The number of carbonyl (C=O) groups is 2. The summed E-state index contributed by atoms with van der Waals surface area (Å²) in [7, 11) is 0. The molecule has 0 bridgehead atoms. The number of hydrogen-bond donors (Lipinski definition) is 3. The molecule has 0 aromatic carbocycles. The highest BCUT2D eigenvalue weighted by atomic mass is 16.5. The van der Waals surface area contributed by atoms with Gasteiger partial charge in [0.25, 0.3) is 0 Å². The number of nitrogens with one attached hydrogen (secondary N) is 1. The van der Waals surface area contributed by atoms with E-state index in [9.17, 15) is 19.8 Å². The average molecular weight is 862 g/mol. The number of carbonyl (C=O) groups excluding carboxylic acids is 2. The summed E-state index contributed by atoms with van der Waals surface area (Å²) in [6, 6.07) is -0.696. The molecule has 0 aromatic heterocycles. The maximum atomic E-state index is 13.2. The summed E-state index contributed by atoms with van der Waals surface area (Å²) in [5.41, 5.74) is 0. The standard InChI is InChI=1S/C55H107NO5/c1-4-7-10-13-16-19-22-24-26-27-29-30-32-34-37-40-43-46-51(61-55(60)48-45-42-39-36-21-18-15-12-9-6-3)49-54(59)56-52(50-57)53(58)47-44-41-38-35-33-31-28-25-23-20-17-14-11-8-5-2/h24,26,51-53,57-58H,4-23,25,27-50H2,1-3H3,(H,56,59)/b26-24+. The lowest BCUT2D eigenvalue weighted by molar-refractivity contribution is -0.151. The molecule has 3 atom stereocenters. The molecule has 3 N–H and O–H groups in total. The van der Waals surface area contributed by atoms with Crippen molar-refractivity contribution in [1.82, 2.24) is 5.32 Å². The minimum Gasteiger partial charge on any atom is -0.462 e. The smallest absolute Gasteiger partial charge is 0.306 e. The highest BCUT2D eigenvalue weighted by molar-refractivity contribution is 5.77. The van der Waals surface area contributed by atoms with Crippen LogP contribution in [-0.4, -0.2) is 46.9 Å². The molecule has 0 heterocycles. The summed E-state index contributed by atoms with van der Waals surface area (Å²) in [5, 5.41) is 23.8. The van der Waals surface area contributed by atoms with Gasteiger partial charge in [-0.05, 0) is 51.4 Å². The van der Waals surface area contributed by atoms with Crippen molar-refractivity contribution in [3.05, 3.63) is 12.2 Å². The summed E-state index contributed by atoms with van der Waals surface area (Å²) < 4.78 is 5.94. The van der Waals surface area contributed by atoms with E-state index < -0.39 is 18.2 Å². The second kappa shape index (κ2) is 49.6. The third-order valence-corrected chi connectivity index (χ3v) is 12.8. The van der Waals surface area contributed by atoms with E-state index in [4.69, 9.17) is 4.74 Å². The van der Waals surface area contributed by atoms with Gasteiger partial charge in [-0.1, -0.05) is 251 Å². The lowest BCUT2D eigenvalue weighted by Gasteiger charge is -2.24. The van der Waals surface area contributed by atoms with Crippen molar-refractivity contribution in [2.75, 3.05) is 6.61 Å². The van der Waals surface area contributed by atoms with Crippen LogP contribution < -0.4 is 5.32 Å². The van der Waals surface area contributed by atoms with Crippen molar-refractivity contribution >= 4 is 11.9 Å². The molecule has 61 heavy (non-hydrogen) atoms. The molecule has 0 saturated heterocycles. The Bertz CT molecular complexity index is 924. The number of allylic oxidation sites excluding steroid dienone is 2. The van der Waals surface area contributed by atoms with Crippen LogP contribution in [0.25, 0.3) is 0 Å². The molecule has 1 amide bonds. The fourth-order valence-corrected chi connectivity index (χ4v) is 8.66. The number of hydrogen-bond acceptors (Lipinski definition) is 5. The number of aliphatic hydroxyl groups is 2. The van der Waals surface area contributed by atoms with E-state index in [0.717, 1.165) is 51.4 Å². The molecule has 362 valence electrons. The molecule has 0 fully saturated rings. The molecule has 3 unspecified atom stereocenters. The number of unbranched alkanes of at least 4 members (excludes halogenated alkanes) is 36. The largest absolute Gasteiger partial charge is 0.462 e. The summed E-state index contributed by atoms with van der Waals surface area (Å²) >= 11 is 0. The summed E-state index contributed by atoms with van der Waals surface area (Å²) in [6.07, 6.45) is 55.6. The lowest BCUT2D eigenvalue weighted by Crippen LogP contribution is -2.46. The van der Waals surface area contributed by atoms with E-state index >= 15 is 0 Å². The molecule has 0 spiro atoms. The minimum atomic E-state index is -0.783. The Labute approximate surface area is 380 Å². The van der Waals surface area contributed by atoms with Gasteiger partial charge >= 0.3 is 5.97 Å². The summed E-state index contributed by atoms with van der Waals surface area (Å²) in [6.45, 7) is 6.50. The fraction of sp³-hybridized carbons (Fsp3) is 0.927. The zero-order chi connectivity index (χ0) is 44.5. The Morgan fingerprint density at radius 2 is 0.787 bits per heavy atom. The van der Waals surface area contributed by atoms with E-state index in [0.29, 0.717) is 19.3 Å². The highest BCUT2D eigenvalue weighted by Gasteiger charge is 2.24. The van der Waals surface area contributed by atoms with Crippen LogP contribution >= 0.6 is 0 Å². The number of rotatable bonds is 50. The summed E-state index contributed by atoms with van der Waals surface area (Å²) in [4.78, 5) is 26.1. The van der Waals surface area contributed by atoms with Gasteiger partial charge in [0, 0.05) is 6.42 Å². The third-order valence-electron chi connectivity index (χ3n) is 12.8. The number of esters is 1. The van der Waals surface area contributed by atoms with Crippen LogP contribution in [0.4, 0.5) is 0 Å². The van der Waals surface area contributed by atoms with Gasteiger partial charge in [0.1, 0.15) is 6.10 Å². The van der Waals surface area contributed by atoms with Crippen molar-refractivity contribution in [2.24, 2.45) is 0 Å². The monoisotopic (exact) mass is 862 g/mol. The zero-order valence-corrected chi connectivity index (χ0v) is 41.3. The first-order valence-electron chi connectivity index (χ1n) is 27.4. The molecule has 0 rings (SSSR count). The maximum absolute atomic E-state index is 13.2. The first kappa shape index (κ1) is 59.6. The summed E-state index contributed by atoms with van der Waals surface area (Å²) in [5.74, 6) is -0.461. The van der Waals surface area contributed by atoms with Crippen molar-refractivity contribution in [3.8, 4) is 0 Å². The molecule has 0 aliphatic heterocycles. The predicted molar refractivity (Wildman–Crippen MR) is 264 cm³/mol. The van der Waals surface area contributed by atoms with Crippen LogP contribution in [0, 0.1) is 0 Å². The first-order chi connectivity index (χ1) is 30.0. The van der Waals surface area contributed by atoms with Gasteiger partial charge in [-0.3, -0.25) is 9.59 Å². The second-order valence-corrected chi connectivity index (χ2v) is 19.0. The zero-order valence-electron chi connectivity index (χ0n) is 41.3. The Morgan fingerprint density at radius 3 is 1.16 bits per heavy atom. The van der Waals surface area contributed by atoms with Crippen LogP contribution in [-0.2, 0) is 14.3 Å². The molecular formula is C55H107NO5. The van der Waals surface area contributed by atoms with E-state index in [2.05, 4.69) is 38.2 Å². The van der Waals surface area contributed by atoms with E-state index in [1.54, 1.807) is 0 Å². The SMILES string of the molecule is CCCCCCCC/C=C/CCCCCCCCCC(CC(=O)NC(CO)C(O)CCCCCCCCCCCCCCCCC)OC(=O)CCCCCCCCCCCC. The average Bonchev–Trinajstić information content (AvgIpc) is 3.25. The van der Waals surface area contributed by atoms with Crippen molar-refractivity contribution in [2.45, 2.75) is 322 Å². The lowest BCUT2D eigenvalue weighted by atomic mass is 10.0. The predicted octanol–water partition coefficient (Wildman–Crippen LogP) is 16.5. The van der Waals surface area contributed by atoms with Gasteiger partial charge in [-0.15, -0.1) is 0 Å². The van der Waals surface area contributed by atoms with Gasteiger partial charge in [-0.2, -0.15) is 0 Å². The molecule has 0 saturated carbocycles. The first-order valence-corrected chi connectivity index (χ1v) is 27.4. The highest BCUT2D eigenvalue weighted by Crippen LogP contribution is 2.19. The Balaban J connectivity index is 4.49. The second-order valence-electron chi connectivity index (χ2n) is 19.0. The third kappa shape index (κ3) is 45.0. The number of ether oxygens (including phenoxy) is 1. The van der Waals surface area contributed by atoms with Crippen LogP contribution in [0.2, 0.25) is 0 Å². The molecule has 0 aliphatic rings. The van der Waals surface area contributed by atoms with Gasteiger partial charge in [-0.25, -0.2) is 0 Å². The molecule has 0 aliphatic carbocycles. The Hall–Kier alpha value is -1.40. The molecule has 0 aromatic rings. The van der Waals surface area contributed by atoms with Crippen LogP contribution in [0.3, 0.4) is 0 Å². The van der Waals surface area contributed by atoms with Crippen LogP contribution in [0.15, 0.2) is 12.2 Å². The topological polar surface area (TPSA) is 95.9 Å². The van der Waals surface area contributed by atoms with Gasteiger partial charge in [0.05, 0.1) is 25.2 Å². The van der Waals surface area contributed by atoms with Crippen molar-refractivity contribution in [1.29, 1.82) is 0 Å². The van der Waals surface area contributed by atoms with Gasteiger partial charge in [0.2, 0.25) is 5.91 Å². The quantitative estimate of drug-likeness (QED) is 0.0322. The Kier molecular flexibility index (Phi) is 48.5. The molecule has 6 heteroatoms. The maximum Gasteiger partial charge on any atom is 0.306 e. The Morgan fingerprint density at radius 1 is 0.459 bits per heavy atom. The minimum absolute atomic E-state index is 0.0817. The molecular weight excluding hydrogens is 755 g/mol. The van der Waals surface area contributed by atoms with Gasteiger partial charge < -0.3 is 20.3 Å². The molecule has 0 radical (unpaired) electrons. The van der Waals surface area contributed by atoms with E-state index in [1.807, 2.05) is 0 Å². The van der Waals surface area contributed by atoms with E-state index in [1.165, 1.54) is 205 Å². The van der Waals surface area contributed by atoms with Crippen molar-refractivity contribution < 1.29 is 24.5 Å². The van der Waals surface area contributed by atoms with Gasteiger partial charge in [0.15, 0.2) is 0 Å². The van der Waals surface area contributed by atoms with Crippen LogP contribution in [0.5, 0.6) is 0 Å². The van der Waals surface area contributed by atoms with E-state index in [-0.39, 0.29) is 24.9 Å². The number of amides is 1. The molecule has 6 nitrogen and oxygen atoms in total. The normalized spacial score (nSPS) is 13.2. The van der Waals surface area contributed by atoms with Crippen LogP contribution in [0.1, 0.15) is 303 Å². The number of aliphatic hydroxyl groups excluding tert-OH is 2. The van der Waals surface area contributed by atoms with Crippen molar-refractivity contribution in [3.63, 3.8) is 0 Å².